The molecule has 0 aliphatic carbocycles. The summed E-state index contributed by atoms with van der Waals surface area (Å²) in [4.78, 5) is 16.3. The van der Waals surface area contributed by atoms with E-state index in [2.05, 4.69) is 4.98 Å². The van der Waals surface area contributed by atoms with Crippen molar-refractivity contribution in [3.05, 3.63) is 79.9 Å². The number of alkyl halides is 5. The molecular weight excluding hydrogens is 521 g/mol. The number of benzene rings is 1. The normalized spacial score (nSPS) is 11.2. The lowest BCUT2D eigenvalue weighted by molar-refractivity contribution is -0.614. The summed E-state index contributed by atoms with van der Waals surface area (Å²) in [6, 6.07) is 5.96. The lowest BCUT2D eigenvalue weighted by Gasteiger charge is -2.17. The summed E-state index contributed by atoms with van der Waals surface area (Å²) in [5.41, 5.74) is -4.75. The maximum absolute atomic E-state index is 13.7. The van der Waals surface area contributed by atoms with Gasteiger partial charge in [-0.3, -0.25) is 9.36 Å². The van der Waals surface area contributed by atoms with E-state index in [1.54, 1.807) is 12.1 Å². The van der Waals surface area contributed by atoms with Crippen LogP contribution in [-0.2, 0) is 12.7 Å². The lowest BCUT2D eigenvalue weighted by Crippen LogP contribution is -2.36. The summed E-state index contributed by atoms with van der Waals surface area (Å²) in [5, 5.41) is 39.8. The van der Waals surface area contributed by atoms with Crippen molar-refractivity contribution in [3.63, 3.8) is 0 Å². The Balaban J connectivity index is 2.13. The third kappa shape index (κ3) is 5.79. The van der Waals surface area contributed by atoms with Crippen molar-refractivity contribution in [2.45, 2.75) is 26.1 Å². The van der Waals surface area contributed by atoms with Gasteiger partial charge >= 0.3 is 6.18 Å². The van der Waals surface area contributed by atoms with Crippen molar-refractivity contribution in [1.29, 1.82) is 10.5 Å². The van der Waals surface area contributed by atoms with Gasteiger partial charge in [0.25, 0.3) is 12.0 Å². The van der Waals surface area contributed by atoms with Crippen LogP contribution >= 0.6 is 0 Å². The third-order valence-corrected chi connectivity index (χ3v) is 5.13. The first-order valence-corrected chi connectivity index (χ1v) is 10.5. The van der Waals surface area contributed by atoms with Gasteiger partial charge in [0.05, 0.1) is 24.6 Å². The third-order valence-electron chi connectivity index (χ3n) is 5.13. The zero-order chi connectivity index (χ0) is 28.2. The number of halogens is 5. The van der Waals surface area contributed by atoms with Crippen molar-refractivity contribution in [3.8, 4) is 29.4 Å². The Morgan fingerprint density at radius 3 is 2.45 bits per heavy atom. The highest BCUT2D eigenvalue weighted by molar-refractivity contribution is 5.51. The van der Waals surface area contributed by atoms with Gasteiger partial charge in [-0.05, 0) is 19.1 Å². The minimum absolute atomic E-state index is 0.102. The van der Waals surface area contributed by atoms with Crippen LogP contribution in [0.1, 0.15) is 40.1 Å². The molecule has 0 saturated heterocycles. The van der Waals surface area contributed by atoms with Crippen LogP contribution < -0.4 is 19.8 Å². The molecule has 0 spiro atoms. The van der Waals surface area contributed by atoms with Gasteiger partial charge in [0.1, 0.15) is 30.5 Å². The second kappa shape index (κ2) is 11.1. The highest BCUT2D eigenvalue weighted by Gasteiger charge is 2.39. The van der Waals surface area contributed by atoms with E-state index in [1.165, 1.54) is 6.92 Å². The summed E-state index contributed by atoms with van der Waals surface area (Å²) < 4.78 is 78.6. The monoisotopic (exact) mass is 537 g/mol. The largest absolute Gasteiger partial charge is 0.618 e. The average Bonchev–Trinajstić information content (AvgIpc) is 2.86. The first-order chi connectivity index (χ1) is 17.9. The molecule has 10 nitrogen and oxygen atoms in total. The van der Waals surface area contributed by atoms with E-state index in [9.17, 15) is 42.5 Å². The summed E-state index contributed by atoms with van der Waals surface area (Å²) in [7, 11) is 0. The van der Waals surface area contributed by atoms with E-state index in [1.807, 2.05) is 0 Å². The zero-order valence-electron chi connectivity index (χ0n) is 19.3. The van der Waals surface area contributed by atoms with Crippen LogP contribution in [0.5, 0.6) is 17.2 Å². The number of hydrogen-bond acceptors (Lipinski definition) is 8. The maximum Gasteiger partial charge on any atom is 0.437 e. The van der Waals surface area contributed by atoms with Crippen molar-refractivity contribution in [2.75, 3.05) is 13.2 Å². The maximum atomic E-state index is 13.7. The van der Waals surface area contributed by atoms with E-state index >= 15 is 0 Å². The van der Waals surface area contributed by atoms with Crippen LogP contribution in [0, 0.1) is 34.8 Å². The van der Waals surface area contributed by atoms with Gasteiger partial charge in [0.2, 0.25) is 23.4 Å². The molecule has 0 atom stereocenters. The topological polar surface area (TPSA) is 148 Å². The number of hydrogen-bond donors (Lipinski definition) is 1. The minimum Gasteiger partial charge on any atom is -0.618 e. The minimum atomic E-state index is -5.20. The molecule has 15 heteroatoms. The summed E-state index contributed by atoms with van der Waals surface area (Å²) in [6.07, 6.45) is -6.95. The van der Waals surface area contributed by atoms with Gasteiger partial charge < -0.3 is 19.8 Å². The Kier molecular flexibility index (Phi) is 8.13. The first kappa shape index (κ1) is 27.8. The van der Waals surface area contributed by atoms with Crippen LogP contribution in [0.25, 0.3) is 0 Å². The molecule has 38 heavy (non-hydrogen) atoms. The lowest BCUT2D eigenvalue weighted by atomic mass is 10.0. The Morgan fingerprint density at radius 1 is 1.18 bits per heavy atom. The predicted molar refractivity (Wildman–Crippen MR) is 116 cm³/mol. The molecule has 2 heterocycles. The standard InChI is InChI=1S/C23H16F5N5O5/c1-12-14(7-29)4-13(21(24)25)6-17(12)38-19-20(23(26,27)28)31-11-32(22(19)35)9-16-5-15(8-30)18(10-33(16)36)37-3-2-34/h4-6,10-11,21,34H,2-3,9H2,1H3. The molecule has 2 aromatic heterocycles. The fourth-order valence-corrected chi connectivity index (χ4v) is 3.25. The molecule has 0 aliphatic heterocycles. The van der Waals surface area contributed by atoms with Gasteiger partial charge in [0.15, 0.2) is 5.69 Å². The first-order valence-electron chi connectivity index (χ1n) is 10.5. The van der Waals surface area contributed by atoms with Crippen LogP contribution in [0.15, 0.2) is 35.5 Å². The van der Waals surface area contributed by atoms with Gasteiger partial charge in [-0.1, -0.05) is 0 Å². The molecule has 0 fully saturated rings. The van der Waals surface area contributed by atoms with Crippen molar-refractivity contribution in [1.82, 2.24) is 9.55 Å². The average molecular weight is 537 g/mol. The fourth-order valence-electron chi connectivity index (χ4n) is 3.25. The highest BCUT2D eigenvalue weighted by Crippen LogP contribution is 2.37. The predicted octanol–water partition coefficient (Wildman–Crippen LogP) is 3.10. The smallest absolute Gasteiger partial charge is 0.437 e. The number of pyridine rings is 1. The second-order valence-electron chi connectivity index (χ2n) is 7.61. The summed E-state index contributed by atoms with van der Waals surface area (Å²) in [6.45, 7) is -0.0686. The van der Waals surface area contributed by atoms with Gasteiger partial charge in [0, 0.05) is 17.2 Å². The van der Waals surface area contributed by atoms with E-state index < -0.39 is 54.1 Å². The van der Waals surface area contributed by atoms with Gasteiger partial charge in [-0.2, -0.15) is 28.4 Å². The Hall–Kier alpha value is -4.76. The highest BCUT2D eigenvalue weighted by atomic mass is 19.4. The number of rotatable bonds is 8. The number of nitrogens with zero attached hydrogens (tertiary/aromatic N) is 5. The molecule has 0 aliphatic rings. The van der Waals surface area contributed by atoms with Crippen LogP contribution in [0.2, 0.25) is 0 Å². The summed E-state index contributed by atoms with van der Waals surface area (Å²) in [5.74, 6) is -2.15. The quantitative estimate of drug-likeness (QED) is 0.262. The van der Waals surface area contributed by atoms with Crippen molar-refractivity contribution in [2.24, 2.45) is 0 Å². The number of ether oxygens (including phenoxy) is 2. The van der Waals surface area contributed by atoms with E-state index in [0.29, 0.717) is 17.0 Å². The van der Waals surface area contributed by atoms with E-state index in [4.69, 9.17) is 14.6 Å². The molecule has 1 aromatic carbocycles. The van der Waals surface area contributed by atoms with Crippen molar-refractivity contribution >= 4 is 0 Å². The molecule has 0 saturated carbocycles. The number of aliphatic hydroxyl groups is 1. The SMILES string of the molecule is Cc1c(C#N)cc(C(F)F)cc1Oc1c(C(F)(F)F)ncn(Cc2cc(C#N)c(OCCO)c[n+]2[O-])c1=O. The zero-order valence-corrected chi connectivity index (χ0v) is 19.3. The number of aliphatic hydroxyl groups excluding tert-OH is 1. The Labute approximate surface area is 210 Å². The molecule has 0 radical (unpaired) electrons. The number of nitriles is 2. The van der Waals surface area contributed by atoms with E-state index in [-0.39, 0.29) is 39.5 Å². The fraction of sp³-hybridized carbons (Fsp3) is 0.261. The van der Waals surface area contributed by atoms with Crippen LogP contribution in [0.3, 0.4) is 0 Å². The van der Waals surface area contributed by atoms with E-state index in [0.717, 1.165) is 18.3 Å². The van der Waals surface area contributed by atoms with Gasteiger partial charge in [-0.15, -0.1) is 0 Å². The molecule has 0 unspecified atom stereocenters. The molecule has 198 valence electrons. The molecule has 0 bridgehead atoms. The Morgan fingerprint density at radius 2 is 1.87 bits per heavy atom. The molecule has 3 aromatic rings. The van der Waals surface area contributed by atoms with Crippen molar-refractivity contribution < 1.29 is 41.3 Å². The second-order valence-corrected chi connectivity index (χ2v) is 7.61. The van der Waals surface area contributed by atoms with Crippen LogP contribution in [-0.4, -0.2) is 27.9 Å². The Bertz CT molecular complexity index is 1510. The number of aromatic nitrogens is 3. The molecule has 0 amide bonds. The summed E-state index contributed by atoms with van der Waals surface area (Å²) >= 11 is 0. The molecule has 1 N–H and O–H groups in total. The van der Waals surface area contributed by atoms with Crippen LogP contribution in [0.4, 0.5) is 22.0 Å². The molecular formula is C23H16F5N5O5. The van der Waals surface area contributed by atoms with Gasteiger partial charge in [-0.25, -0.2) is 13.8 Å². The molecule has 3 rings (SSSR count).